The van der Waals surface area contributed by atoms with Crippen molar-refractivity contribution in [3.8, 4) is 102 Å². The van der Waals surface area contributed by atoms with E-state index in [4.69, 9.17) is 39.9 Å². The van der Waals surface area contributed by atoms with Crippen LogP contribution in [0.15, 0.2) is 194 Å². The largest absolute Gasteiger partial charge is 0.213 e. The van der Waals surface area contributed by atoms with Crippen molar-refractivity contribution in [1.82, 2.24) is 44.9 Å². The first-order valence-electron chi connectivity index (χ1n) is 19.9. The molecule has 61 heavy (non-hydrogen) atoms. The molecule has 0 amide bonds. The number of hydrogen-bond acceptors (Lipinski definition) is 9. The average molecular weight is 786 g/mol. The van der Waals surface area contributed by atoms with Gasteiger partial charge in [-0.2, -0.15) is 0 Å². The summed E-state index contributed by atoms with van der Waals surface area (Å²) in [6.07, 6.45) is 0. The molecule has 0 aliphatic carbocycles. The third kappa shape index (κ3) is 7.91. The van der Waals surface area contributed by atoms with E-state index in [1.807, 2.05) is 177 Å². The molecule has 0 spiro atoms. The Balaban J connectivity index is 1.12. The highest BCUT2D eigenvalue weighted by atomic mass is 15.1. The highest BCUT2D eigenvalue weighted by Gasteiger charge is 2.19. The molecule has 10 aromatic rings. The van der Waals surface area contributed by atoms with Crippen molar-refractivity contribution in [2.75, 3.05) is 0 Å². The number of aryl methyl sites for hydroxylation is 1. The molecule has 0 aliphatic rings. The minimum atomic E-state index is 0.516. The second kappa shape index (κ2) is 16.4. The van der Waals surface area contributed by atoms with Crippen molar-refractivity contribution >= 4 is 0 Å². The molecule has 288 valence electrons. The lowest BCUT2D eigenvalue weighted by Crippen LogP contribution is -2.03. The summed E-state index contributed by atoms with van der Waals surface area (Å²) in [4.78, 5) is 44.6. The summed E-state index contributed by atoms with van der Waals surface area (Å²) in [6.45, 7) is 1.88. The fraction of sp³-hybridized carbons (Fsp3) is 0.0192. The molecule has 9 heteroatoms. The van der Waals surface area contributed by atoms with Crippen molar-refractivity contribution in [3.63, 3.8) is 0 Å². The SMILES string of the molecule is Cc1nc(-c2ccccc2)nc(-c2cccc(-c3nc(-c4ccccc4)nc(-c4ccc(-c5nc(-c6ccccc6)nc(-c6ccccc6)n5)c(-c5ccccc5)c4)n3)c2)n1. The first kappa shape index (κ1) is 36.9. The predicted molar refractivity (Wildman–Crippen MR) is 240 cm³/mol. The van der Waals surface area contributed by atoms with Gasteiger partial charge < -0.3 is 0 Å². The first-order valence-corrected chi connectivity index (χ1v) is 19.9. The average Bonchev–Trinajstić information content (AvgIpc) is 3.34. The monoisotopic (exact) mass is 785 g/mol. The Morgan fingerprint density at radius 2 is 0.508 bits per heavy atom. The van der Waals surface area contributed by atoms with Crippen LogP contribution in [0.2, 0.25) is 0 Å². The summed E-state index contributed by atoms with van der Waals surface area (Å²) in [5.41, 5.74) is 8.78. The van der Waals surface area contributed by atoms with E-state index in [0.717, 1.165) is 55.6 Å². The molecule has 0 unspecified atom stereocenters. The van der Waals surface area contributed by atoms with Gasteiger partial charge in [-0.15, -0.1) is 0 Å². The molecule has 0 aliphatic heterocycles. The molecule has 10 rings (SSSR count). The van der Waals surface area contributed by atoms with Crippen LogP contribution >= 0.6 is 0 Å². The maximum Gasteiger partial charge on any atom is 0.164 e. The van der Waals surface area contributed by atoms with Crippen molar-refractivity contribution in [1.29, 1.82) is 0 Å². The normalized spacial score (nSPS) is 11.0. The van der Waals surface area contributed by atoms with Crippen LogP contribution in [0.4, 0.5) is 0 Å². The van der Waals surface area contributed by atoms with E-state index in [2.05, 4.69) is 29.2 Å². The summed E-state index contributed by atoms with van der Waals surface area (Å²) < 4.78 is 0. The van der Waals surface area contributed by atoms with Crippen LogP contribution in [0.3, 0.4) is 0 Å². The molecular weight excluding hydrogens is 751 g/mol. The maximum atomic E-state index is 5.15. The molecule has 3 heterocycles. The molecular formula is C52H35N9. The maximum absolute atomic E-state index is 5.15. The van der Waals surface area contributed by atoms with Crippen LogP contribution in [-0.2, 0) is 0 Å². The van der Waals surface area contributed by atoms with Gasteiger partial charge >= 0.3 is 0 Å². The minimum absolute atomic E-state index is 0.516. The zero-order valence-electron chi connectivity index (χ0n) is 33.0. The Bertz CT molecular complexity index is 3070. The molecule has 0 bridgehead atoms. The van der Waals surface area contributed by atoms with Crippen LogP contribution < -0.4 is 0 Å². The van der Waals surface area contributed by atoms with Crippen molar-refractivity contribution in [2.24, 2.45) is 0 Å². The van der Waals surface area contributed by atoms with Crippen molar-refractivity contribution < 1.29 is 0 Å². The molecule has 0 saturated heterocycles. The quantitative estimate of drug-likeness (QED) is 0.141. The van der Waals surface area contributed by atoms with E-state index in [9.17, 15) is 0 Å². The molecule has 0 fully saturated rings. The molecule has 0 N–H and O–H groups in total. The number of benzene rings is 7. The lowest BCUT2D eigenvalue weighted by atomic mass is 9.96. The third-order valence-corrected chi connectivity index (χ3v) is 10.1. The van der Waals surface area contributed by atoms with Gasteiger partial charge in [-0.1, -0.05) is 176 Å². The zero-order chi connectivity index (χ0) is 41.0. The van der Waals surface area contributed by atoms with E-state index < -0.39 is 0 Å². The van der Waals surface area contributed by atoms with E-state index >= 15 is 0 Å². The standard InChI is InChI=1S/C52H35N9/c1-34-53-45(36-20-9-3-10-21-36)55-49(54-34)40-28-17-29-41(32-40)50-57-46(37-22-11-4-12-23-37)58-51(59-50)42-30-31-43(44(33-42)35-18-7-2-8-19-35)52-60-47(38-24-13-5-14-25-38)56-48(61-52)39-26-15-6-16-27-39/h2-33H,1H3. The van der Waals surface area contributed by atoms with E-state index in [1.165, 1.54) is 0 Å². The van der Waals surface area contributed by atoms with Gasteiger partial charge in [0, 0.05) is 44.5 Å². The molecule has 7 aromatic carbocycles. The first-order chi connectivity index (χ1) is 30.1. The smallest absolute Gasteiger partial charge is 0.164 e. The molecule has 9 nitrogen and oxygen atoms in total. The van der Waals surface area contributed by atoms with Crippen LogP contribution in [0, 0.1) is 6.92 Å². The lowest BCUT2D eigenvalue weighted by Gasteiger charge is -2.14. The van der Waals surface area contributed by atoms with Gasteiger partial charge in [-0.25, -0.2) is 44.9 Å². The minimum Gasteiger partial charge on any atom is -0.213 e. The number of rotatable bonds is 9. The number of aromatic nitrogens is 9. The molecule has 3 aromatic heterocycles. The van der Waals surface area contributed by atoms with Gasteiger partial charge in [-0.3, -0.25) is 0 Å². The Hall–Kier alpha value is -8.43. The van der Waals surface area contributed by atoms with E-state index in [1.54, 1.807) is 0 Å². The van der Waals surface area contributed by atoms with Crippen LogP contribution in [0.1, 0.15) is 5.82 Å². The van der Waals surface area contributed by atoms with Crippen LogP contribution in [-0.4, -0.2) is 44.9 Å². The fourth-order valence-corrected chi connectivity index (χ4v) is 7.14. The van der Waals surface area contributed by atoms with Gasteiger partial charge in [-0.05, 0) is 36.2 Å². The summed E-state index contributed by atoms with van der Waals surface area (Å²) in [5.74, 6) is 5.14. The Kier molecular flexibility index (Phi) is 9.94. The van der Waals surface area contributed by atoms with Crippen molar-refractivity contribution in [2.45, 2.75) is 6.92 Å². The molecule has 0 radical (unpaired) electrons. The molecule has 0 saturated carbocycles. The second-order valence-corrected chi connectivity index (χ2v) is 14.3. The Morgan fingerprint density at radius 3 is 0.918 bits per heavy atom. The molecule has 0 atom stereocenters. The highest BCUT2D eigenvalue weighted by molar-refractivity contribution is 5.85. The number of nitrogens with zero attached hydrogens (tertiary/aromatic N) is 9. The topological polar surface area (TPSA) is 116 Å². The Labute approximate surface area is 352 Å². The van der Waals surface area contributed by atoms with E-state index in [0.29, 0.717) is 52.4 Å². The van der Waals surface area contributed by atoms with Gasteiger partial charge in [0.1, 0.15) is 5.82 Å². The van der Waals surface area contributed by atoms with E-state index in [-0.39, 0.29) is 0 Å². The van der Waals surface area contributed by atoms with Crippen LogP contribution in [0.5, 0.6) is 0 Å². The van der Waals surface area contributed by atoms with Gasteiger partial charge in [0.25, 0.3) is 0 Å². The zero-order valence-corrected chi connectivity index (χ0v) is 33.0. The van der Waals surface area contributed by atoms with Crippen LogP contribution in [0.25, 0.3) is 102 Å². The summed E-state index contributed by atoms with van der Waals surface area (Å²) in [7, 11) is 0. The van der Waals surface area contributed by atoms with Gasteiger partial charge in [0.05, 0.1) is 0 Å². The summed E-state index contributed by atoms with van der Waals surface area (Å²) >= 11 is 0. The van der Waals surface area contributed by atoms with Crippen molar-refractivity contribution in [3.05, 3.63) is 200 Å². The van der Waals surface area contributed by atoms with Gasteiger partial charge in [0.15, 0.2) is 46.6 Å². The fourth-order valence-electron chi connectivity index (χ4n) is 7.14. The summed E-state index contributed by atoms with van der Waals surface area (Å²) in [6, 6.07) is 64.3. The lowest BCUT2D eigenvalue weighted by molar-refractivity contribution is 0.992. The number of hydrogen-bond donors (Lipinski definition) is 0. The van der Waals surface area contributed by atoms with Gasteiger partial charge in [0.2, 0.25) is 0 Å². The second-order valence-electron chi connectivity index (χ2n) is 14.3. The predicted octanol–water partition coefficient (Wildman–Crippen LogP) is 11.6. The highest BCUT2D eigenvalue weighted by Crippen LogP contribution is 2.36. The Morgan fingerprint density at radius 1 is 0.213 bits per heavy atom. The summed E-state index contributed by atoms with van der Waals surface area (Å²) in [5, 5.41) is 0. The third-order valence-electron chi connectivity index (χ3n) is 10.1.